The van der Waals surface area contributed by atoms with Crippen LogP contribution in [-0.2, 0) is 10.0 Å². The van der Waals surface area contributed by atoms with Crippen LogP contribution in [-0.4, -0.2) is 63.7 Å². The molecule has 1 fully saturated rings. The Kier molecular flexibility index (Phi) is 8.24. The fourth-order valence-electron chi connectivity index (χ4n) is 3.88. The molecular weight excluding hydrogens is 434 g/mol. The van der Waals surface area contributed by atoms with Crippen LogP contribution >= 0.6 is 11.6 Å². The highest BCUT2D eigenvalue weighted by molar-refractivity contribution is 7.89. The number of likely N-dealkylation sites (tertiary alicyclic amines) is 1. The van der Waals surface area contributed by atoms with Crippen molar-refractivity contribution in [2.45, 2.75) is 30.2 Å². The van der Waals surface area contributed by atoms with Crippen LogP contribution in [0.25, 0.3) is 0 Å². The van der Waals surface area contributed by atoms with Crippen molar-refractivity contribution in [2.75, 3.05) is 40.3 Å². The third-order valence-corrected chi connectivity index (χ3v) is 7.81. The normalized spacial score (nSPS) is 16.4. The molecule has 1 saturated heterocycles. The zero-order chi connectivity index (χ0) is 22.4. The van der Waals surface area contributed by atoms with Gasteiger partial charge < -0.3 is 5.32 Å². The summed E-state index contributed by atoms with van der Waals surface area (Å²) in [7, 11) is -0.637. The van der Waals surface area contributed by atoms with E-state index >= 15 is 0 Å². The van der Waals surface area contributed by atoms with Gasteiger partial charge in [0.2, 0.25) is 10.0 Å². The van der Waals surface area contributed by atoms with Gasteiger partial charge in [-0.15, -0.1) is 0 Å². The molecule has 0 bridgehead atoms. The minimum atomic E-state index is -3.58. The summed E-state index contributed by atoms with van der Waals surface area (Å²) < 4.78 is 25.9. The molecule has 1 N–H and O–H groups in total. The number of hydrogen-bond acceptors (Lipinski definition) is 5. The number of rotatable bonds is 9. The Bertz CT molecular complexity index is 1000. The number of sulfonamides is 1. The largest absolute Gasteiger partial charge is 0.308 e. The Morgan fingerprint density at radius 2 is 1.81 bits per heavy atom. The van der Waals surface area contributed by atoms with Gasteiger partial charge in [-0.05, 0) is 49.7 Å². The van der Waals surface area contributed by atoms with Crippen LogP contribution in [0.3, 0.4) is 0 Å². The molecule has 31 heavy (non-hydrogen) atoms. The molecule has 1 atom stereocenters. The van der Waals surface area contributed by atoms with E-state index in [1.807, 2.05) is 24.3 Å². The summed E-state index contributed by atoms with van der Waals surface area (Å²) in [4.78, 5) is 15.3. The number of nitrogens with one attached hydrogen (secondary N) is 1. The van der Waals surface area contributed by atoms with Crippen molar-refractivity contribution < 1.29 is 13.2 Å². The molecule has 6 nitrogen and oxygen atoms in total. The minimum absolute atomic E-state index is 0.0854. The first kappa shape index (κ1) is 23.9. The van der Waals surface area contributed by atoms with E-state index in [-0.39, 0.29) is 23.3 Å². The molecule has 2 aromatic carbocycles. The number of ketones is 1. The van der Waals surface area contributed by atoms with Crippen LogP contribution in [0.1, 0.15) is 41.2 Å². The van der Waals surface area contributed by atoms with E-state index < -0.39 is 10.0 Å². The first-order valence-corrected chi connectivity index (χ1v) is 12.4. The van der Waals surface area contributed by atoms with Crippen molar-refractivity contribution in [1.82, 2.24) is 14.5 Å². The molecule has 0 aliphatic carbocycles. The molecule has 1 aliphatic heterocycles. The summed E-state index contributed by atoms with van der Waals surface area (Å²) in [5, 5.41) is 4.01. The first-order chi connectivity index (χ1) is 14.8. The molecule has 2 aromatic rings. The maximum absolute atomic E-state index is 12.7. The summed E-state index contributed by atoms with van der Waals surface area (Å²) in [6, 6.07) is 14.1. The second-order valence-electron chi connectivity index (χ2n) is 8.00. The molecule has 1 unspecified atom stereocenters. The van der Waals surface area contributed by atoms with E-state index in [1.165, 1.54) is 32.6 Å². The number of carbonyl (C=O) groups is 1. The van der Waals surface area contributed by atoms with E-state index in [2.05, 4.69) is 10.2 Å². The second kappa shape index (κ2) is 10.7. The highest BCUT2D eigenvalue weighted by atomic mass is 35.5. The van der Waals surface area contributed by atoms with Crippen LogP contribution in [0.15, 0.2) is 53.4 Å². The maximum atomic E-state index is 12.7. The number of benzene rings is 2. The Labute approximate surface area is 190 Å². The molecule has 0 aromatic heterocycles. The van der Waals surface area contributed by atoms with E-state index in [1.54, 1.807) is 12.1 Å². The molecule has 3 rings (SSSR count). The standard InChI is InChI=1S/C23H30ClN3O3S/c1-26(2)31(29,30)19-10-8-9-18(15-19)23(28)17-25-16-22(27-13-6-3-7-14-27)20-11-4-5-12-21(20)24/h4-5,8-12,15,22,25H,3,6-7,13-14,16-17H2,1-2H3. The van der Waals surface area contributed by atoms with Crippen molar-refractivity contribution in [3.8, 4) is 0 Å². The Hall–Kier alpha value is -1.77. The summed E-state index contributed by atoms with van der Waals surface area (Å²) in [5.41, 5.74) is 1.44. The lowest BCUT2D eigenvalue weighted by Gasteiger charge is -2.35. The van der Waals surface area contributed by atoms with Gasteiger partial charge in [0.15, 0.2) is 5.78 Å². The van der Waals surface area contributed by atoms with Crippen molar-refractivity contribution in [3.05, 3.63) is 64.7 Å². The topological polar surface area (TPSA) is 69.7 Å². The third-order valence-electron chi connectivity index (χ3n) is 5.65. The van der Waals surface area contributed by atoms with Crippen LogP contribution < -0.4 is 5.32 Å². The smallest absolute Gasteiger partial charge is 0.242 e. The van der Waals surface area contributed by atoms with E-state index in [0.717, 1.165) is 40.8 Å². The van der Waals surface area contributed by atoms with Crippen LogP contribution in [0.5, 0.6) is 0 Å². The van der Waals surface area contributed by atoms with E-state index in [4.69, 9.17) is 11.6 Å². The fraction of sp³-hybridized carbons (Fsp3) is 0.435. The van der Waals surface area contributed by atoms with Gasteiger partial charge in [0, 0.05) is 37.3 Å². The van der Waals surface area contributed by atoms with Crippen molar-refractivity contribution in [1.29, 1.82) is 0 Å². The zero-order valence-corrected chi connectivity index (χ0v) is 19.6. The molecular formula is C23H30ClN3O3S. The molecule has 1 heterocycles. The van der Waals surface area contributed by atoms with Crippen molar-refractivity contribution in [2.24, 2.45) is 0 Å². The Morgan fingerprint density at radius 1 is 1.10 bits per heavy atom. The number of carbonyl (C=O) groups excluding carboxylic acids is 1. The van der Waals surface area contributed by atoms with Gasteiger partial charge in [0.25, 0.3) is 0 Å². The SMILES string of the molecule is CN(C)S(=O)(=O)c1cccc(C(=O)CNCC(c2ccccc2Cl)N2CCCCC2)c1. The number of halogens is 1. The molecule has 168 valence electrons. The summed E-state index contributed by atoms with van der Waals surface area (Å²) >= 11 is 6.48. The van der Waals surface area contributed by atoms with Crippen LogP contribution in [0.4, 0.5) is 0 Å². The molecule has 8 heteroatoms. The van der Waals surface area contributed by atoms with Crippen molar-refractivity contribution >= 4 is 27.4 Å². The summed E-state index contributed by atoms with van der Waals surface area (Å²) in [6.45, 7) is 2.73. The van der Waals surface area contributed by atoms with Gasteiger partial charge >= 0.3 is 0 Å². The number of hydrogen-bond donors (Lipinski definition) is 1. The van der Waals surface area contributed by atoms with Gasteiger partial charge in [0.1, 0.15) is 0 Å². The van der Waals surface area contributed by atoms with Crippen LogP contribution in [0, 0.1) is 0 Å². The lowest BCUT2D eigenvalue weighted by molar-refractivity contribution is 0.0983. The second-order valence-corrected chi connectivity index (χ2v) is 10.6. The van der Waals surface area contributed by atoms with Gasteiger partial charge in [0.05, 0.1) is 11.4 Å². The van der Waals surface area contributed by atoms with Crippen LogP contribution in [0.2, 0.25) is 5.02 Å². The predicted molar refractivity (Wildman–Crippen MR) is 124 cm³/mol. The molecule has 0 amide bonds. The lowest BCUT2D eigenvalue weighted by atomic mass is 10.0. The summed E-state index contributed by atoms with van der Waals surface area (Å²) in [6.07, 6.45) is 3.56. The Balaban J connectivity index is 1.69. The predicted octanol–water partition coefficient (Wildman–Crippen LogP) is 3.59. The van der Waals surface area contributed by atoms with E-state index in [9.17, 15) is 13.2 Å². The molecule has 1 aliphatic rings. The summed E-state index contributed by atoms with van der Waals surface area (Å²) in [5.74, 6) is -0.146. The number of Topliss-reactive ketones (excluding diaryl/α,β-unsaturated/α-hetero) is 1. The average molecular weight is 464 g/mol. The van der Waals surface area contributed by atoms with Gasteiger partial charge in [-0.25, -0.2) is 12.7 Å². The average Bonchev–Trinajstić information content (AvgIpc) is 2.78. The first-order valence-electron chi connectivity index (χ1n) is 10.6. The fourth-order valence-corrected chi connectivity index (χ4v) is 5.09. The number of nitrogens with zero attached hydrogens (tertiary/aromatic N) is 2. The number of piperidine rings is 1. The third kappa shape index (κ3) is 5.93. The monoisotopic (exact) mass is 463 g/mol. The highest BCUT2D eigenvalue weighted by Gasteiger charge is 2.24. The quantitative estimate of drug-likeness (QED) is 0.575. The van der Waals surface area contributed by atoms with Gasteiger partial charge in [-0.3, -0.25) is 9.69 Å². The highest BCUT2D eigenvalue weighted by Crippen LogP contribution is 2.29. The minimum Gasteiger partial charge on any atom is -0.308 e. The maximum Gasteiger partial charge on any atom is 0.242 e. The molecule has 0 radical (unpaired) electrons. The Morgan fingerprint density at radius 3 is 2.48 bits per heavy atom. The molecule has 0 saturated carbocycles. The van der Waals surface area contributed by atoms with Gasteiger partial charge in [-0.1, -0.05) is 48.4 Å². The van der Waals surface area contributed by atoms with Gasteiger partial charge in [-0.2, -0.15) is 0 Å². The lowest BCUT2D eigenvalue weighted by Crippen LogP contribution is -2.40. The van der Waals surface area contributed by atoms with Crippen molar-refractivity contribution in [3.63, 3.8) is 0 Å². The molecule has 0 spiro atoms. The zero-order valence-electron chi connectivity index (χ0n) is 18.1. The van der Waals surface area contributed by atoms with E-state index in [0.29, 0.717) is 12.1 Å².